The van der Waals surface area contributed by atoms with Gasteiger partial charge in [-0.2, -0.15) is 0 Å². The van der Waals surface area contributed by atoms with Crippen LogP contribution in [0.15, 0.2) is 58.3 Å². The molecule has 0 saturated heterocycles. The van der Waals surface area contributed by atoms with Crippen LogP contribution in [0.5, 0.6) is 0 Å². The minimum absolute atomic E-state index is 0.345. The Labute approximate surface area is 108 Å². The summed E-state index contributed by atoms with van der Waals surface area (Å²) in [6.45, 7) is 3.90. The first-order valence-corrected chi connectivity index (χ1v) is 7.43. The van der Waals surface area contributed by atoms with Gasteiger partial charge in [0.2, 0.25) is 9.84 Å². The average molecular weight is 260 g/mol. The van der Waals surface area contributed by atoms with Crippen molar-refractivity contribution in [2.24, 2.45) is 0 Å². The predicted octanol–water partition coefficient (Wildman–Crippen LogP) is 3.39. The third-order valence-electron chi connectivity index (χ3n) is 2.99. The lowest BCUT2D eigenvalue weighted by molar-refractivity contribution is 0.595. The van der Waals surface area contributed by atoms with Crippen molar-refractivity contribution >= 4 is 9.84 Å². The van der Waals surface area contributed by atoms with Gasteiger partial charge in [0, 0.05) is 0 Å². The highest BCUT2D eigenvalue weighted by atomic mass is 32.2. The first-order valence-electron chi connectivity index (χ1n) is 5.95. The molecule has 0 aromatic heterocycles. The van der Waals surface area contributed by atoms with E-state index in [0.29, 0.717) is 9.79 Å². The Morgan fingerprint density at radius 3 is 2.22 bits per heavy atom. The summed E-state index contributed by atoms with van der Waals surface area (Å²) in [6, 6.07) is 14.1. The SMILES string of the molecule is CCc1ccc(S(=O)(=O)c2ccccc2)c(C)c1. The molecule has 0 radical (unpaired) electrons. The summed E-state index contributed by atoms with van der Waals surface area (Å²) in [4.78, 5) is 0.739. The molecule has 0 N–H and O–H groups in total. The molecular formula is C15H16O2S. The van der Waals surface area contributed by atoms with Crippen LogP contribution in [0.3, 0.4) is 0 Å². The van der Waals surface area contributed by atoms with E-state index in [1.165, 1.54) is 0 Å². The molecule has 0 aliphatic carbocycles. The molecule has 0 fully saturated rings. The number of hydrogen-bond donors (Lipinski definition) is 0. The Balaban J connectivity index is 2.55. The number of rotatable bonds is 3. The molecule has 3 heteroatoms. The zero-order valence-corrected chi connectivity index (χ0v) is 11.4. The van der Waals surface area contributed by atoms with Crippen LogP contribution in [0.25, 0.3) is 0 Å². The van der Waals surface area contributed by atoms with Crippen LogP contribution in [0.1, 0.15) is 18.1 Å². The Bertz CT molecular complexity index is 643. The van der Waals surface area contributed by atoms with Gasteiger partial charge in [0.25, 0.3) is 0 Å². The molecule has 0 heterocycles. The average Bonchev–Trinajstić information content (AvgIpc) is 2.39. The third kappa shape index (κ3) is 2.31. The molecule has 0 aliphatic heterocycles. The second-order valence-electron chi connectivity index (χ2n) is 4.27. The fourth-order valence-electron chi connectivity index (χ4n) is 1.96. The highest BCUT2D eigenvalue weighted by molar-refractivity contribution is 7.91. The van der Waals surface area contributed by atoms with Gasteiger partial charge in [-0.05, 0) is 42.7 Å². The normalized spacial score (nSPS) is 11.4. The van der Waals surface area contributed by atoms with E-state index in [1.54, 1.807) is 30.3 Å². The standard InChI is InChI=1S/C15H16O2S/c1-3-13-9-10-15(12(2)11-13)18(16,17)14-7-5-4-6-8-14/h4-11H,3H2,1-2H3. The van der Waals surface area contributed by atoms with Gasteiger partial charge >= 0.3 is 0 Å². The Morgan fingerprint density at radius 2 is 1.67 bits per heavy atom. The molecule has 0 saturated carbocycles. The first-order chi connectivity index (χ1) is 8.55. The van der Waals surface area contributed by atoms with Crippen LogP contribution in [0.2, 0.25) is 0 Å². The molecule has 0 unspecified atom stereocenters. The van der Waals surface area contributed by atoms with E-state index in [2.05, 4.69) is 6.92 Å². The summed E-state index contributed by atoms with van der Waals surface area (Å²) in [7, 11) is -3.39. The number of aryl methyl sites for hydroxylation is 2. The van der Waals surface area contributed by atoms with Crippen molar-refractivity contribution in [1.29, 1.82) is 0 Å². The van der Waals surface area contributed by atoms with Gasteiger partial charge in [0.1, 0.15) is 0 Å². The Hall–Kier alpha value is -1.61. The minimum Gasteiger partial charge on any atom is -0.219 e. The van der Waals surface area contributed by atoms with Gasteiger partial charge in [-0.3, -0.25) is 0 Å². The fourth-order valence-corrected chi connectivity index (χ4v) is 3.46. The van der Waals surface area contributed by atoms with Crippen LogP contribution in [-0.4, -0.2) is 8.42 Å². The lowest BCUT2D eigenvalue weighted by Gasteiger charge is -2.09. The molecular weight excluding hydrogens is 244 g/mol. The van der Waals surface area contributed by atoms with E-state index in [1.807, 2.05) is 25.1 Å². The van der Waals surface area contributed by atoms with Crippen molar-refractivity contribution in [2.75, 3.05) is 0 Å². The lowest BCUT2D eigenvalue weighted by atomic mass is 10.1. The van der Waals surface area contributed by atoms with Crippen molar-refractivity contribution in [1.82, 2.24) is 0 Å². The topological polar surface area (TPSA) is 34.1 Å². The summed E-state index contributed by atoms with van der Waals surface area (Å²) >= 11 is 0. The van der Waals surface area contributed by atoms with Gasteiger partial charge in [0.15, 0.2) is 0 Å². The smallest absolute Gasteiger partial charge is 0.206 e. The summed E-state index contributed by atoms with van der Waals surface area (Å²) in [5.74, 6) is 0. The largest absolute Gasteiger partial charge is 0.219 e. The van der Waals surface area contributed by atoms with Gasteiger partial charge in [-0.25, -0.2) is 8.42 Å². The van der Waals surface area contributed by atoms with Crippen LogP contribution < -0.4 is 0 Å². The van der Waals surface area contributed by atoms with E-state index < -0.39 is 9.84 Å². The number of benzene rings is 2. The monoisotopic (exact) mass is 260 g/mol. The van der Waals surface area contributed by atoms with Crippen molar-refractivity contribution in [3.8, 4) is 0 Å². The predicted molar refractivity (Wildman–Crippen MR) is 72.5 cm³/mol. The molecule has 0 aliphatic rings. The van der Waals surface area contributed by atoms with Gasteiger partial charge in [-0.1, -0.05) is 37.3 Å². The molecule has 94 valence electrons. The van der Waals surface area contributed by atoms with Gasteiger partial charge in [0.05, 0.1) is 9.79 Å². The highest BCUT2D eigenvalue weighted by Gasteiger charge is 2.19. The second-order valence-corrected chi connectivity index (χ2v) is 6.19. The molecule has 2 nitrogen and oxygen atoms in total. The van der Waals surface area contributed by atoms with Crippen LogP contribution >= 0.6 is 0 Å². The van der Waals surface area contributed by atoms with Crippen molar-refractivity contribution < 1.29 is 8.42 Å². The second kappa shape index (κ2) is 4.94. The van der Waals surface area contributed by atoms with Crippen molar-refractivity contribution in [3.63, 3.8) is 0 Å². The molecule has 2 aromatic carbocycles. The number of sulfone groups is 1. The Morgan fingerprint density at radius 1 is 1.00 bits per heavy atom. The zero-order chi connectivity index (χ0) is 13.2. The minimum atomic E-state index is -3.39. The zero-order valence-electron chi connectivity index (χ0n) is 10.6. The van der Waals surface area contributed by atoms with Crippen LogP contribution in [0, 0.1) is 6.92 Å². The van der Waals surface area contributed by atoms with E-state index in [0.717, 1.165) is 17.5 Å². The third-order valence-corrected chi connectivity index (χ3v) is 4.92. The van der Waals surface area contributed by atoms with Crippen molar-refractivity contribution in [3.05, 3.63) is 59.7 Å². The van der Waals surface area contributed by atoms with Crippen molar-refractivity contribution in [2.45, 2.75) is 30.1 Å². The van der Waals surface area contributed by atoms with Gasteiger partial charge < -0.3 is 0 Å². The Kier molecular flexibility index (Phi) is 3.53. The summed E-state index contributed by atoms with van der Waals surface area (Å²) in [5, 5.41) is 0. The van der Waals surface area contributed by atoms with Crippen LogP contribution in [-0.2, 0) is 16.3 Å². The molecule has 0 spiro atoms. The maximum atomic E-state index is 12.5. The molecule has 0 bridgehead atoms. The molecule has 2 aromatic rings. The quantitative estimate of drug-likeness (QED) is 0.847. The molecule has 0 amide bonds. The first kappa shape index (κ1) is 12.8. The van der Waals surface area contributed by atoms with E-state index in [-0.39, 0.29) is 0 Å². The summed E-state index contributed by atoms with van der Waals surface area (Å²) in [6.07, 6.45) is 0.909. The summed E-state index contributed by atoms with van der Waals surface area (Å²) < 4.78 is 24.9. The summed E-state index contributed by atoms with van der Waals surface area (Å²) in [5.41, 5.74) is 1.96. The van der Waals surface area contributed by atoms with Gasteiger partial charge in [-0.15, -0.1) is 0 Å². The molecule has 18 heavy (non-hydrogen) atoms. The maximum Gasteiger partial charge on any atom is 0.206 e. The van der Waals surface area contributed by atoms with Crippen LogP contribution in [0.4, 0.5) is 0 Å². The molecule has 0 atom stereocenters. The lowest BCUT2D eigenvalue weighted by Crippen LogP contribution is -2.04. The molecule has 2 rings (SSSR count). The highest BCUT2D eigenvalue weighted by Crippen LogP contribution is 2.24. The van der Waals surface area contributed by atoms with E-state index in [4.69, 9.17) is 0 Å². The van der Waals surface area contributed by atoms with E-state index in [9.17, 15) is 8.42 Å². The fraction of sp³-hybridized carbons (Fsp3) is 0.200. The van der Waals surface area contributed by atoms with E-state index >= 15 is 0 Å². The maximum absolute atomic E-state index is 12.5. The number of hydrogen-bond acceptors (Lipinski definition) is 2.